The minimum absolute atomic E-state index is 0.203. The highest BCUT2D eigenvalue weighted by Crippen LogP contribution is 2.29. The monoisotopic (exact) mass is 288 g/mol. The second kappa shape index (κ2) is 6.13. The number of halogens is 3. The Balaban J connectivity index is 1.86. The van der Waals surface area contributed by atoms with Crippen molar-refractivity contribution in [3.63, 3.8) is 0 Å². The lowest BCUT2D eigenvalue weighted by atomic mass is 10.1. The number of hydrogen-bond donors (Lipinski definition) is 1. The number of hydrogen-bond acceptors (Lipinski definition) is 2. The minimum atomic E-state index is -4.34. The van der Waals surface area contributed by atoms with Crippen LogP contribution < -0.4 is 5.32 Å². The first kappa shape index (κ1) is 14.6. The van der Waals surface area contributed by atoms with Gasteiger partial charge in [-0.1, -0.05) is 12.1 Å². The molecule has 1 aromatic rings. The van der Waals surface area contributed by atoms with Gasteiger partial charge < -0.3 is 15.0 Å². The van der Waals surface area contributed by atoms with Crippen LogP contribution in [-0.4, -0.2) is 37.2 Å². The highest BCUT2D eigenvalue weighted by Gasteiger charge is 2.29. The van der Waals surface area contributed by atoms with Crippen LogP contribution in [0.15, 0.2) is 24.3 Å². The molecule has 1 N–H and O–H groups in total. The average molecular weight is 288 g/mol. The van der Waals surface area contributed by atoms with Crippen molar-refractivity contribution in [3.8, 4) is 0 Å². The Bertz CT molecular complexity index is 454. The van der Waals surface area contributed by atoms with E-state index >= 15 is 0 Å². The molecule has 0 radical (unpaired) electrons. The lowest BCUT2D eigenvalue weighted by Gasteiger charge is -2.26. The molecule has 0 aromatic heterocycles. The van der Waals surface area contributed by atoms with Gasteiger partial charge in [0.1, 0.15) is 0 Å². The molecule has 0 spiro atoms. The summed E-state index contributed by atoms with van der Waals surface area (Å²) in [6, 6.07) is 4.52. The van der Waals surface area contributed by atoms with Crippen LogP contribution in [0, 0.1) is 0 Å². The third-order valence-corrected chi connectivity index (χ3v) is 3.02. The Morgan fingerprint density at radius 3 is 2.35 bits per heavy atom. The Hall–Kier alpha value is -1.76. The van der Waals surface area contributed by atoms with Crippen molar-refractivity contribution in [2.24, 2.45) is 0 Å². The fourth-order valence-corrected chi connectivity index (χ4v) is 1.87. The first-order valence-corrected chi connectivity index (χ1v) is 6.23. The zero-order valence-corrected chi connectivity index (χ0v) is 10.7. The fourth-order valence-electron chi connectivity index (χ4n) is 1.87. The number of carbonyl (C=O) groups is 1. The molecule has 1 saturated heterocycles. The number of alkyl halides is 3. The number of morpholine rings is 1. The molecule has 1 aliphatic heterocycles. The van der Waals surface area contributed by atoms with Gasteiger partial charge in [0.2, 0.25) is 0 Å². The summed E-state index contributed by atoms with van der Waals surface area (Å²) < 4.78 is 42.3. The Morgan fingerprint density at radius 2 is 1.80 bits per heavy atom. The van der Waals surface area contributed by atoms with E-state index in [4.69, 9.17) is 4.74 Å². The quantitative estimate of drug-likeness (QED) is 0.907. The average Bonchev–Trinajstić information content (AvgIpc) is 2.45. The van der Waals surface area contributed by atoms with Crippen LogP contribution >= 0.6 is 0 Å². The Kier molecular flexibility index (Phi) is 4.49. The molecule has 0 aliphatic carbocycles. The normalized spacial score (nSPS) is 16.1. The van der Waals surface area contributed by atoms with Crippen molar-refractivity contribution < 1.29 is 22.7 Å². The molecule has 7 heteroatoms. The second-order valence-corrected chi connectivity index (χ2v) is 4.45. The van der Waals surface area contributed by atoms with E-state index in [0.29, 0.717) is 31.9 Å². The summed E-state index contributed by atoms with van der Waals surface area (Å²) in [5, 5.41) is 2.68. The standard InChI is InChI=1S/C13H15F3N2O2/c14-13(15,16)11-3-1-10(2-4-11)9-17-12(19)18-5-7-20-8-6-18/h1-4H,5-9H2,(H,17,19). The number of amides is 2. The second-order valence-electron chi connectivity index (χ2n) is 4.45. The van der Waals surface area contributed by atoms with E-state index in [1.165, 1.54) is 12.1 Å². The summed E-state index contributed by atoms with van der Waals surface area (Å²) in [6.07, 6.45) is -4.34. The van der Waals surface area contributed by atoms with Crippen LogP contribution in [-0.2, 0) is 17.5 Å². The lowest BCUT2D eigenvalue weighted by Crippen LogP contribution is -2.45. The summed E-state index contributed by atoms with van der Waals surface area (Å²) >= 11 is 0. The number of carbonyl (C=O) groups excluding carboxylic acids is 1. The van der Waals surface area contributed by atoms with Crippen LogP contribution in [0.3, 0.4) is 0 Å². The lowest BCUT2D eigenvalue weighted by molar-refractivity contribution is -0.137. The number of benzene rings is 1. The molecule has 110 valence electrons. The predicted octanol–water partition coefficient (Wildman–Crippen LogP) is 2.25. The largest absolute Gasteiger partial charge is 0.416 e. The van der Waals surface area contributed by atoms with Gasteiger partial charge in [0.05, 0.1) is 18.8 Å². The van der Waals surface area contributed by atoms with Crippen molar-refractivity contribution in [1.29, 1.82) is 0 Å². The third kappa shape index (κ3) is 3.86. The van der Waals surface area contributed by atoms with E-state index in [9.17, 15) is 18.0 Å². The van der Waals surface area contributed by atoms with Gasteiger partial charge in [-0.15, -0.1) is 0 Å². The first-order chi connectivity index (χ1) is 9.47. The predicted molar refractivity (Wildman–Crippen MR) is 66.1 cm³/mol. The molecule has 20 heavy (non-hydrogen) atoms. The van der Waals surface area contributed by atoms with Crippen molar-refractivity contribution in [3.05, 3.63) is 35.4 Å². The zero-order valence-electron chi connectivity index (χ0n) is 10.7. The number of urea groups is 1. The van der Waals surface area contributed by atoms with Gasteiger partial charge >= 0.3 is 12.2 Å². The molecule has 4 nitrogen and oxygen atoms in total. The fraction of sp³-hybridized carbons (Fsp3) is 0.462. The van der Waals surface area contributed by atoms with E-state index in [-0.39, 0.29) is 12.6 Å². The number of nitrogens with zero attached hydrogens (tertiary/aromatic N) is 1. The molecule has 1 heterocycles. The summed E-state index contributed by atoms with van der Waals surface area (Å²) in [7, 11) is 0. The minimum Gasteiger partial charge on any atom is -0.378 e. The van der Waals surface area contributed by atoms with Crippen molar-refractivity contribution in [2.45, 2.75) is 12.7 Å². The molecule has 2 rings (SSSR count). The summed E-state index contributed by atoms with van der Waals surface area (Å²) in [5.74, 6) is 0. The van der Waals surface area contributed by atoms with Gasteiger partial charge in [0.15, 0.2) is 0 Å². The van der Waals surface area contributed by atoms with E-state index in [1.54, 1.807) is 4.90 Å². The molecule has 2 amide bonds. The topological polar surface area (TPSA) is 41.6 Å². The highest BCUT2D eigenvalue weighted by atomic mass is 19.4. The van der Waals surface area contributed by atoms with E-state index < -0.39 is 11.7 Å². The molecule has 0 unspecified atom stereocenters. The SMILES string of the molecule is O=C(NCc1ccc(C(F)(F)F)cc1)N1CCOCC1. The molecular formula is C13H15F3N2O2. The van der Waals surface area contributed by atoms with Crippen molar-refractivity contribution in [2.75, 3.05) is 26.3 Å². The first-order valence-electron chi connectivity index (χ1n) is 6.23. The van der Waals surface area contributed by atoms with Crippen LogP contribution in [0.1, 0.15) is 11.1 Å². The van der Waals surface area contributed by atoms with Crippen molar-refractivity contribution in [1.82, 2.24) is 10.2 Å². The van der Waals surface area contributed by atoms with Gasteiger partial charge in [0, 0.05) is 19.6 Å². The van der Waals surface area contributed by atoms with Crippen molar-refractivity contribution >= 4 is 6.03 Å². The summed E-state index contributed by atoms with van der Waals surface area (Å²) in [5.41, 5.74) is -0.0691. The van der Waals surface area contributed by atoms with Gasteiger partial charge in [-0.3, -0.25) is 0 Å². The molecular weight excluding hydrogens is 273 g/mol. The molecule has 0 saturated carbocycles. The molecule has 1 aliphatic rings. The number of nitrogens with one attached hydrogen (secondary N) is 1. The molecule has 0 bridgehead atoms. The maximum absolute atomic E-state index is 12.4. The van der Waals surface area contributed by atoms with E-state index in [1.807, 2.05) is 0 Å². The number of ether oxygens (including phenoxy) is 1. The van der Waals surface area contributed by atoms with Gasteiger partial charge in [0.25, 0.3) is 0 Å². The van der Waals surface area contributed by atoms with Crippen LogP contribution in [0.2, 0.25) is 0 Å². The van der Waals surface area contributed by atoms with Crippen LogP contribution in [0.25, 0.3) is 0 Å². The Morgan fingerprint density at radius 1 is 1.20 bits per heavy atom. The third-order valence-electron chi connectivity index (χ3n) is 3.02. The van der Waals surface area contributed by atoms with Gasteiger partial charge in [-0.25, -0.2) is 4.79 Å². The molecule has 1 aromatic carbocycles. The van der Waals surface area contributed by atoms with Gasteiger partial charge in [-0.2, -0.15) is 13.2 Å². The van der Waals surface area contributed by atoms with Crippen LogP contribution in [0.4, 0.5) is 18.0 Å². The van der Waals surface area contributed by atoms with Gasteiger partial charge in [-0.05, 0) is 17.7 Å². The highest BCUT2D eigenvalue weighted by molar-refractivity contribution is 5.74. The zero-order chi connectivity index (χ0) is 14.6. The number of rotatable bonds is 2. The smallest absolute Gasteiger partial charge is 0.378 e. The Labute approximate surface area is 114 Å². The van der Waals surface area contributed by atoms with E-state index in [0.717, 1.165) is 12.1 Å². The maximum Gasteiger partial charge on any atom is 0.416 e. The van der Waals surface area contributed by atoms with E-state index in [2.05, 4.69) is 5.32 Å². The molecule has 1 fully saturated rings. The molecule has 0 atom stereocenters. The maximum atomic E-state index is 12.4. The van der Waals surface area contributed by atoms with Crippen LogP contribution in [0.5, 0.6) is 0 Å². The summed E-state index contributed by atoms with van der Waals surface area (Å²) in [4.78, 5) is 13.4. The summed E-state index contributed by atoms with van der Waals surface area (Å²) in [6.45, 7) is 2.27.